The zero-order valence-corrected chi connectivity index (χ0v) is 12.2. The van der Waals surface area contributed by atoms with Crippen LogP contribution in [-0.4, -0.2) is 23.3 Å². The molecule has 0 fully saturated rings. The fourth-order valence-electron chi connectivity index (χ4n) is 2.14. The van der Waals surface area contributed by atoms with Crippen LogP contribution in [0.1, 0.15) is 30.3 Å². The highest BCUT2D eigenvalue weighted by Crippen LogP contribution is 2.06. The molecule has 1 unspecified atom stereocenters. The number of ether oxygens (including phenoxy) is 1. The third kappa shape index (κ3) is 4.79. The van der Waals surface area contributed by atoms with Crippen LogP contribution in [0, 0.1) is 0 Å². The van der Waals surface area contributed by atoms with E-state index in [-0.39, 0.29) is 0 Å². The first-order chi connectivity index (χ1) is 9.78. The summed E-state index contributed by atoms with van der Waals surface area (Å²) in [6.07, 6.45) is 2.23. The van der Waals surface area contributed by atoms with Crippen molar-refractivity contribution in [2.75, 3.05) is 7.11 Å². The monoisotopic (exact) mass is 273 g/mol. The van der Waals surface area contributed by atoms with Gasteiger partial charge in [-0.05, 0) is 31.4 Å². The van der Waals surface area contributed by atoms with E-state index in [1.54, 1.807) is 7.11 Å². The number of aryl methyl sites for hydroxylation is 1. The molecular weight excluding hydrogens is 250 g/mol. The van der Waals surface area contributed by atoms with Crippen molar-refractivity contribution in [3.63, 3.8) is 0 Å². The summed E-state index contributed by atoms with van der Waals surface area (Å²) in [5.74, 6) is 0. The number of hydrogen-bond donors (Lipinski definition) is 2. The Hall–Kier alpha value is -1.65. The summed E-state index contributed by atoms with van der Waals surface area (Å²) in [6, 6.07) is 13.1. The van der Waals surface area contributed by atoms with Gasteiger partial charge in [0.1, 0.15) is 0 Å². The van der Waals surface area contributed by atoms with Gasteiger partial charge in [0.15, 0.2) is 0 Å². The van der Waals surface area contributed by atoms with Crippen LogP contribution in [0.2, 0.25) is 0 Å². The van der Waals surface area contributed by atoms with E-state index in [4.69, 9.17) is 4.74 Å². The van der Waals surface area contributed by atoms with Crippen LogP contribution in [0.15, 0.2) is 36.4 Å². The lowest BCUT2D eigenvalue weighted by Gasteiger charge is -2.12. The Labute approximate surface area is 120 Å². The van der Waals surface area contributed by atoms with Crippen molar-refractivity contribution < 1.29 is 4.74 Å². The maximum absolute atomic E-state index is 5.06. The summed E-state index contributed by atoms with van der Waals surface area (Å²) in [6.45, 7) is 3.58. The Balaban J connectivity index is 1.70. The molecule has 2 N–H and O–H groups in total. The van der Waals surface area contributed by atoms with Crippen LogP contribution >= 0.6 is 0 Å². The molecule has 0 saturated heterocycles. The molecule has 2 rings (SSSR count). The largest absolute Gasteiger partial charge is 0.378 e. The van der Waals surface area contributed by atoms with E-state index < -0.39 is 0 Å². The van der Waals surface area contributed by atoms with Gasteiger partial charge in [-0.2, -0.15) is 5.10 Å². The van der Waals surface area contributed by atoms with Crippen LogP contribution in [0.4, 0.5) is 0 Å². The first-order valence-electron chi connectivity index (χ1n) is 7.07. The summed E-state index contributed by atoms with van der Waals surface area (Å²) in [7, 11) is 1.68. The van der Waals surface area contributed by atoms with Crippen molar-refractivity contribution in [1.82, 2.24) is 15.5 Å². The number of hydrogen-bond acceptors (Lipinski definition) is 3. The van der Waals surface area contributed by atoms with Gasteiger partial charge in [0.05, 0.1) is 18.0 Å². The van der Waals surface area contributed by atoms with Crippen LogP contribution in [0.5, 0.6) is 0 Å². The zero-order valence-electron chi connectivity index (χ0n) is 12.2. The molecule has 1 aromatic heterocycles. The number of aromatic amines is 1. The smallest absolute Gasteiger partial charge is 0.0878 e. The lowest BCUT2D eigenvalue weighted by molar-refractivity contribution is 0.181. The topological polar surface area (TPSA) is 49.9 Å². The average molecular weight is 273 g/mol. The molecule has 0 bridgehead atoms. The molecule has 0 spiro atoms. The highest BCUT2D eigenvalue weighted by Gasteiger charge is 2.05. The van der Waals surface area contributed by atoms with Gasteiger partial charge in [-0.15, -0.1) is 0 Å². The van der Waals surface area contributed by atoms with Gasteiger partial charge in [-0.1, -0.05) is 30.3 Å². The van der Waals surface area contributed by atoms with Gasteiger partial charge in [0.2, 0.25) is 0 Å². The number of H-pyrrole nitrogens is 1. The molecule has 1 aromatic carbocycles. The Kier molecular flexibility index (Phi) is 5.77. The Bertz CT molecular complexity index is 495. The molecule has 0 aliphatic heterocycles. The second kappa shape index (κ2) is 7.82. The number of aromatic nitrogens is 2. The highest BCUT2D eigenvalue weighted by molar-refractivity contribution is 5.14. The minimum absolute atomic E-state index is 0.470. The van der Waals surface area contributed by atoms with Gasteiger partial charge >= 0.3 is 0 Å². The van der Waals surface area contributed by atoms with Gasteiger partial charge in [-0.3, -0.25) is 5.10 Å². The molecule has 4 heteroatoms. The standard InChI is InChI=1S/C16H23N3O/c1-13(8-9-14-6-4-3-5-7-14)17-11-15-10-16(12-20-2)19-18-15/h3-7,10,13,17H,8-9,11-12H2,1-2H3,(H,18,19). The number of rotatable bonds is 8. The first-order valence-corrected chi connectivity index (χ1v) is 7.07. The normalized spacial score (nSPS) is 12.5. The molecule has 2 aromatic rings. The van der Waals surface area contributed by atoms with E-state index in [1.165, 1.54) is 5.56 Å². The Morgan fingerprint density at radius 2 is 2.10 bits per heavy atom. The summed E-state index contributed by atoms with van der Waals surface area (Å²) < 4.78 is 5.06. The SMILES string of the molecule is COCc1cc(CNC(C)CCc2ccccc2)n[nH]1. The molecule has 0 aliphatic rings. The maximum Gasteiger partial charge on any atom is 0.0878 e. The van der Waals surface area contributed by atoms with Crippen molar-refractivity contribution in [2.45, 2.75) is 39.0 Å². The minimum Gasteiger partial charge on any atom is -0.378 e. The molecule has 0 radical (unpaired) electrons. The number of methoxy groups -OCH3 is 1. The van der Waals surface area contributed by atoms with Crippen molar-refractivity contribution in [2.24, 2.45) is 0 Å². The third-order valence-corrected chi connectivity index (χ3v) is 3.32. The lowest BCUT2D eigenvalue weighted by atomic mass is 10.1. The third-order valence-electron chi connectivity index (χ3n) is 3.32. The van der Waals surface area contributed by atoms with E-state index in [0.717, 1.165) is 30.8 Å². The molecule has 20 heavy (non-hydrogen) atoms. The van der Waals surface area contributed by atoms with Crippen LogP contribution in [-0.2, 0) is 24.3 Å². The second-order valence-corrected chi connectivity index (χ2v) is 5.12. The number of benzene rings is 1. The molecule has 0 aliphatic carbocycles. The van der Waals surface area contributed by atoms with E-state index >= 15 is 0 Å². The summed E-state index contributed by atoms with van der Waals surface area (Å²) >= 11 is 0. The fourth-order valence-corrected chi connectivity index (χ4v) is 2.14. The number of nitrogens with one attached hydrogen (secondary N) is 2. The average Bonchev–Trinajstić information content (AvgIpc) is 2.92. The van der Waals surface area contributed by atoms with Crippen molar-refractivity contribution in [3.8, 4) is 0 Å². The fraction of sp³-hybridized carbons (Fsp3) is 0.438. The zero-order chi connectivity index (χ0) is 14.2. The van der Waals surface area contributed by atoms with Crippen LogP contribution in [0.3, 0.4) is 0 Å². The predicted octanol–water partition coefficient (Wildman–Crippen LogP) is 2.67. The Morgan fingerprint density at radius 1 is 1.30 bits per heavy atom. The second-order valence-electron chi connectivity index (χ2n) is 5.12. The van der Waals surface area contributed by atoms with E-state index in [9.17, 15) is 0 Å². The molecule has 1 atom stereocenters. The highest BCUT2D eigenvalue weighted by atomic mass is 16.5. The quantitative estimate of drug-likeness (QED) is 0.777. The predicted molar refractivity (Wildman–Crippen MR) is 80.4 cm³/mol. The first kappa shape index (κ1) is 14.8. The Morgan fingerprint density at radius 3 is 2.85 bits per heavy atom. The molecule has 4 nitrogen and oxygen atoms in total. The maximum atomic E-state index is 5.06. The molecule has 108 valence electrons. The van der Waals surface area contributed by atoms with Gasteiger partial charge < -0.3 is 10.1 Å². The van der Waals surface area contributed by atoms with Gasteiger partial charge in [-0.25, -0.2) is 0 Å². The molecule has 1 heterocycles. The molecular formula is C16H23N3O. The van der Waals surface area contributed by atoms with Crippen LogP contribution < -0.4 is 5.32 Å². The lowest BCUT2D eigenvalue weighted by Crippen LogP contribution is -2.26. The minimum atomic E-state index is 0.470. The summed E-state index contributed by atoms with van der Waals surface area (Å²) in [4.78, 5) is 0. The summed E-state index contributed by atoms with van der Waals surface area (Å²) in [5.41, 5.74) is 3.44. The van der Waals surface area contributed by atoms with E-state index in [1.807, 2.05) is 6.07 Å². The van der Waals surface area contributed by atoms with E-state index in [2.05, 4.69) is 52.8 Å². The van der Waals surface area contributed by atoms with Gasteiger partial charge in [0, 0.05) is 19.7 Å². The molecule has 0 saturated carbocycles. The van der Waals surface area contributed by atoms with Crippen molar-refractivity contribution in [3.05, 3.63) is 53.3 Å². The van der Waals surface area contributed by atoms with Crippen LogP contribution in [0.25, 0.3) is 0 Å². The van der Waals surface area contributed by atoms with Gasteiger partial charge in [0.25, 0.3) is 0 Å². The number of nitrogens with zero attached hydrogens (tertiary/aromatic N) is 1. The van der Waals surface area contributed by atoms with Crippen molar-refractivity contribution >= 4 is 0 Å². The van der Waals surface area contributed by atoms with Crippen molar-refractivity contribution in [1.29, 1.82) is 0 Å². The van der Waals surface area contributed by atoms with E-state index in [0.29, 0.717) is 12.6 Å². The summed E-state index contributed by atoms with van der Waals surface area (Å²) in [5, 5.41) is 10.7. The molecule has 0 amide bonds.